The van der Waals surface area contributed by atoms with Gasteiger partial charge in [0.25, 0.3) is 5.91 Å². The molecule has 3 aromatic rings. The van der Waals surface area contributed by atoms with Crippen LogP contribution in [0, 0.1) is 18.7 Å². The molecule has 3 heterocycles. The van der Waals surface area contributed by atoms with Gasteiger partial charge in [-0.1, -0.05) is 0 Å². The minimum absolute atomic E-state index is 0.00871. The minimum atomic E-state index is -4.59. The average molecular weight is 556 g/mol. The number of aryl methyl sites for hydroxylation is 1. The molecule has 2 aromatic heterocycles. The van der Waals surface area contributed by atoms with Gasteiger partial charge in [-0.05, 0) is 62.4 Å². The first-order valence-corrected chi connectivity index (χ1v) is 12.8. The molecular weight excluding hydrogens is 529 g/mol. The number of carbonyl (C=O) groups is 1. The van der Waals surface area contributed by atoms with Gasteiger partial charge in [0.05, 0.1) is 29.8 Å². The summed E-state index contributed by atoms with van der Waals surface area (Å²) in [5, 5.41) is 2.72. The quantitative estimate of drug-likeness (QED) is 0.361. The molecule has 38 heavy (non-hydrogen) atoms. The van der Waals surface area contributed by atoms with Crippen LogP contribution in [-0.4, -0.2) is 58.1 Å². The first-order chi connectivity index (χ1) is 18.1. The molecule has 0 spiro atoms. The Morgan fingerprint density at radius 3 is 2.63 bits per heavy atom. The molecule has 1 aliphatic rings. The van der Waals surface area contributed by atoms with Crippen molar-refractivity contribution in [3.63, 3.8) is 0 Å². The number of piperidine rings is 1. The maximum Gasteiger partial charge on any atom is 0.434 e. The summed E-state index contributed by atoms with van der Waals surface area (Å²) in [6.45, 7) is 3.53. The fraction of sp³-hybridized carbons (Fsp3) is 0.440. The number of nitrogens with one attached hydrogen (secondary N) is 1. The van der Waals surface area contributed by atoms with Gasteiger partial charge in [0.15, 0.2) is 17.3 Å². The monoisotopic (exact) mass is 555 g/mol. The minimum Gasteiger partial charge on any atom is -0.490 e. The van der Waals surface area contributed by atoms with Crippen molar-refractivity contribution in [1.82, 2.24) is 19.2 Å². The molecule has 0 atom stereocenters. The molecule has 1 aliphatic heterocycles. The predicted molar refractivity (Wildman–Crippen MR) is 132 cm³/mol. The summed E-state index contributed by atoms with van der Waals surface area (Å²) in [4.78, 5) is 22.9. The molecule has 4 rings (SSSR count). The van der Waals surface area contributed by atoms with Crippen LogP contribution in [0.3, 0.4) is 0 Å². The molecule has 13 heteroatoms. The zero-order chi connectivity index (χ0) is 27.3. The average Bonchev–Trinajstić information content (AvgIpc) is 3.25. The largest absolute Gasteiger partial charge is 0.490 e. The van der Waals surface area contributed by atoms with E-state index in [0.29, 0.717) is 35.6 Å². The van der Waals surface area contributed by atoms with E-state index in [1.54, 1.807) is 6.92 Å². The number of rotatable bonds is 9. The first kappa shape index (κ1) is 27.8. The third-order valence-electron chi connectivity index (χ3n) is 6.27. The molecule has 0 radical (unpaired) electrons. The van der Waals surface area contributed by atoms with Crippen molar-refractivity contribution in [2.75, 3.05) is 38.2 Å². The topological polar surface area (TPSA) is 80.2 Å². The number of hydrogen-bond donors (Lipinski definition) is 1. The summed E-state index contributed by atoms with van der Waals surface area (Å²) in [6, 6.07) is 4.01. The van der Waals surface area contributed by atoms with Crippen LogP contribution in [0.4, 0.5) is 27.6 Å². The van der Waals surface area contributed by atoms with Gasteiger partial charge in [-0.3, -0.25) is 9.78 Å². The molecule has 1 saturated heterocycles. The Kier molecular flexibility index (Phi) is 8.87. The Labute approximate surface area is 220 Å². The van der Waals surface area contributed by atoms with E-state index in [1.807, 2.05) is 4.90 Å². The highest BCUT2D eigenvalue weighted by Crippen LogP contribution is 2.29. The molecule has 0 aliphatic carbocycles. The van der Waals surface area contributed by atoms with E-state index in [-0.39, 0.29) is 36.0 Å². The fourth-order valence-corrected chi connectivity index (χ4v) is 5.06. The summed E-state index contributed by atoms with van der Waals surface area (Å²) in [5.74, 6) is -0.829. The molecule has 1 amide bonds. The molecule has 1 N–H and O–H groups in total. The highest BCUT2D eigenvalue weighted by molar-refractivity contribution is 7.06. The van der Waals surface area contributed by atoms with Crippen molar-refractivity contribution in [3.05, 3.63) is 63.9 Å². The highest BCUT2D eigenvalue weighted by Gasteiger charge is 2.33. The summed E-state index contributed by atoms with van der Waals surface area (Å²) in [7, 11) is 0. The zero-order valence-electron chi connectivity index (χ0n) is 20.5. The molecular formula is C25H26F5N5O2S. The molecule has 0 saturated carbocycles. The second-order valence-electron chi connectivity index (χ2n) is 9.02. The Balaban J connectivity index is 1.40. The normalized spacial score (nSPS) is 15.0. The van der Waals surface area contributed by atoms with Gasteiger partial charge in [0.1, 0.15) is 6.67 Å². The summed E-state index contributed by atoms with van der Waals surface area (Å²) in [6.07, 6.45) is -1.20. The molecule has 0 unspecified atom stereocenters. The van der Waals surface area contributed by atoms with E-state index in [4.69, 9.17) is 4.74 Å². The maximum absolute atomic E-state index is 14.4. The van der Waals surface area contributed by atoms with Crippen LogP contribution in [0.2, 0.25) is 0 Å². The van der Waals surface area contributed by atoms with Crippen LogP contribution in [0.5, 0.6) is 5.75 Å². The van der Waals surface area contributed by atoms with Gasteiger partial charge in [0.2, 0.25) is 0 Å². The first-order valence-electron chi connectivity index (χ1n) is 12.0. The Morgan fingerprint density at radius 1 is 1.21 bits per heavy atom. The van der Waals surface area contributed by atoms with Crippen LogP contribution in [0.1, 0.15) is 45.2 Å². The lowest BCUT2D eigenvalue weighted by Gasteiger charge is -2.31. The molecule has 1 aromatic carbocycles. The second kappa shape index (κ2) is 12.1. The van der Waals surface area contributed by atoms with Gasteiger partial charge in [-0.15, -0.1) is 0 Å². The predicted octanol–water partition coefficient (Wildman–Crippen LogP) is 5.30. The van der Waals surface area contributed by atoms with Crippen LogP contribution in [0.25, 0.3) is 0 Å². The lowest BCUT2D eigenvalue weighted by molar-refractivity contribution is -0.141. The lowest BCUT2D eigenvalue weighted by atomic mass is 9.98. The number of anilines is 1. The van der Waals surface area contributed by atoms with Crippen LogP contribution < -0.4 is 10.1 Å². The van der Waals surface area contributed by atoms with Crippen LogP contribution in [0.15, 0.2) is 30.6 Å². The van der Waals surface area contributed by atoms with Gasteiger partial charge in [0, 0.05) is 35.8 Å². The van der Waals surface area contributed by atoms with E-state index in [1.165, 1.54) is 18.2 Å². The summed E-state index contributed by atoms with van der Waals surface area (Å²) in [5.41, 5.74) is 0.179. The summed E-state index contributed by atoms with van der Waals surface area (Å²) >= 11 is 1.04. The zero-order valence-corrected chi connectivity index (χ0v) is 21.3. The number of aromatic nitrogens is 3. The fourth-order valence-electron chi connectivity index (χ4n) is 4.17. The van der Waals surface area contributed by atoms with Crippen molar-refractivity contribution in [1.29, 1.82) is 0 Å². The van der Waals surface area contributed by atoms with E-state index >= 15 is 0 Å². The van der Waals surface area contributed by atoms with Crippen LogP contribution in [-0.2, 0) is 12.6 Å². The van der Waals surface area contributed by atoms with Crippen LogP contribution >= 0.6 is 11.5 Å². The molecule has 204 valence electrons. The third-order valence-corrected chi connectivity index (χ3v) is 7.20. The number of hydrogen-bond acceptors (Lipinski definition) is 7. The highest BCUT2D eigenvalue weighted by atomic mass is 32.1. The van der Waals surface area contributed by atoms with Crippen molar-refractivity contribution in [3.8, 4) is 5.75 Å². The Hall–Kier alpha value is -3.19. The molecule has 7 nitrogen and oxygen atoms in total. The van der Waals surface area contributed by atoms with Crippen molar-refractivity contribution in [2.24, 2.45) is 5.92 Å². The number of amides is 1. The van der Waals surface area contributed by atoms with Crippen molar-refractivity contribution in [2.45, 2.75) is 32.4 Å². The number of benzene rings is 1. The van der Waals surface area contributed by atoms with Gasteiger partial charge in [-0.25, -0.2) is 13.8 Å². The van der Waals surface area contributed by atoms with Gasteiger partial charge in [-0.2, -0.15) is 17.5 Å². The maximum atomic E-state index is 14.4. The number of halogens is 5. The lowest BCUT2D eigenvalue weighted by Crippen LogP contribution is -2.36. The number of likely N-dealkylation sites (tertiary alicyclic amines) is 1. The van der Waals surface area contributed by atoms with E-state index < -0.39 is 23.6 Å². The smallest absolute Gasteiger partial charge is 0.434 e. The van der Waals surface area contributed by atoms with Crippen molar-refractivity contribution < 1.29 is 31.5 Å². The standard InChI is InChI=1S/C25H26F5N5O2S/c1-15-23(21(38-34-15)11-18-12-32-22(13-31-18)25(28,29)30)24(36)33-17-2-3-19(27)20(10-17)37-14-16-4-7-35(8-5-16)9-6-26/h2-3,10,12-13,16H,4-9,11,14H2,1H3,(H,33,36). The number of ether oxygens (including phenoxy) is 1. The number of alkyl halides is 4. The van der Waals surface area contributed by atoms with Crippen molar-refractivity contribution >= 4 is 23.1 Å². The Morgan fingerprint density at radius 2 is 1.97 bits per heavy atom. The van der Waals surface area contributed by atoms with E-state index in [2.05, 4.69) is 19.7 Å². The van der Waals surface area contributed by atoms with E-state index in [0.717, 1.165) is 43.7 Å². The summed E-state index contributed by atoms with van der Waals surface area (Å²) < 4.78 is 75.1. The number of nitrogens with zero attached hydrogens (tertiary/aromatic N) is 4. The van der Waals surface area contributed by atoms with Gasteiger partial charge >= 0.3 is 6.18 Å². The SMILES string of the molecule is Cc1nsc(Cc2cnc(C(F)(F)F)cn2)c1C(=O)Nc1ccc(F)c(OCC2CCN(CCF)CC2)c1. The van der Waals surface area contributed by atoms with E-state index in [9.17, 15) is 26.7 Å². The number of carbonyl (C=O) groups excluding carboxylic acids is 1. The molecule has 1 fully saturated rings. The third kappa shape index (κ3) is 7.01. The Bertz CT molecular complexity index is 1240. The second-order valence-corrected chi connectivity index (χ2v) is 9.88. The van der Waals surface area contributed by atoms with Gasteiger partial charge < -0.3 is 15.0 Å². The molecule has 0 bridgehead atoms.